The van der Waals surface area contributed by atoms with Gasteiger partial charge in [0.05, 0.1) is 27.1 Å². The van der Waals surface area contributed by atoms with Gasteiger partial charge in [-0.1, -0.05) is 5.16 Å². The van der Waals surface area contributed by atoms with Crippen LogP contribution in [0, 0.1) is 13.8 Å². The average molecular weight is 477 g/mol. The van der Waals surface area contributed by atoms with Crippen LogP contribution in [0.4, 0.5) is 5.82 Å². The fraction of sp³-hybridized carbons (Fsp3) is 0.259. The van der Waals surface area contributed by atoms with Crippen molar-refractivity contribution in [2.24, 2.45) is 0 Å². The summed E-state index contributed by atoms with van der Waals surface area (Å²) in [6.07, 6.45) is 3.21. The molecule has 2 heterocycles. The van der Waals surface area contributed by atoms with Crippen molar-refractivity contribution in [3.63, 3.8) is 0 Å². The number of amides is 1. The molecular formula is C27H28N2O6. The molecule has 0 atom stereocenters. The van der Waals surface area contributed by atoms with Gasteiger partial charge in [-0.3, -0.25) is 4.79 Å². The van der Waals surface area contributed by atoms with Crippen LogP contribution < -0.4 is 19.5 Å². The summed E-state index contributed by atoms with van der Waals surface area (Å²) in [6.45, 7) is 7.95. The third kappa shape index (κ3) is 4.73. The maximum absolute atomic E-state index is 12.7. The minimum Gasteiger partial charge on any atom is -0.497 e. The van der Waals surface area contributed by atoms with Crippen LogP contribution in [0.3, 0.4) is 0 Å². The van der Waals surface area contributed by atoms with E-state index >= 15 is 0 Å². The van der Waals surface area contributed by atoms with E-state index in [-0.39, 0.29) is 5.91 Å². The molecule has 4 aromatic rings. The number of carbonyl (C=O) groups excluding carboxylic acids is 1. The zero-order chi connectivity index (χ0) is 25.1. The Morgan fingerprint density at radius 1 is 1.11 bits per heavy atom. The lowest BCUT2D eigenvalue weighted by molar-refractivity contribution is -0.111. The van der Waals surface area contributed by atoms with Gasteiger partial charge in [0.1, 0.15) is 28.6 Å². The molecule has 0 bridgehead atoms. The summed E-state index contributed by atoms with van der Waals surface area (Å²) < 4.78 is 28.0. The Hall–Kier alpha value is -4.20. The van der Waals surface area contributed by atoms with Crippen molar-refractivity contribution in [2.75, 3.05) is 26.1 Å². The van der Waals surface area contributed by atoms with Gasteiger partial charge in [-0.15, -0.1) is 0 Å². The normalized spacial score (nSPS) is 11.5. The van der Waals surface area contributed by atoms with Crippen molar-refractivity contribution < 1.29 is 27.9 Å². The van der Waals surface area contributed by atoms with E-state index in [1.165, 1.54) is 6.08 Å². The lowest BCUT2D eigenvalue weighted by Gasteiger charge is -2.15. The van der Waals surface area contributed by atoms with E-state index in [0.29, 0.717) is 41.0 Å². The molecular weight excluding hydrogens is 448 g/mol. The van der Waals surface area contributed by atoms with E-state index in [9.17, 15) is 4.79 Å². The first kappa shape index (κ1) is 23.9. The third-order valence-corrected chi connectivity index (χ3v) is 5.68. The largest absolute Gasteiger partial charge is 0.497 e. The van der Waals surface area contributed by atoms with Crippen LogP contribution in [-0.2, 0) is 4.79 Å². The standard InChI is InChI=1S/C27H28N2O6/c1-7-33-26-17(4)27-21(22(14-34-27)20-12-18(31-5)8-9-23(20)32-6)13-19(26)15(2)10-25(30)28-24-11-16(3)35-29-24/h8-14H,7H2,1-6H3,(H,28,29,30)/b15-10+. The quantitative estimate of drug-likeness (QED) is 0.304. The highest BCUT2D eigenvalue weighted by molar-refractivity contribution is 6.05. The van der Waals surface area contributed by atoms with Gasteiger partial charge in [0.25, 0.3) is 0 Å². The summed E-state index contributed by atoms with van der Waals surface area (Å²) in [5.41, 5.74) is 4.73. The van der Waals surface area contributed by atoms with E-state index in [1.807, 2.05) is 45.0 Å². The average Bonchev–Trinajstić information content (AvgIpc) is 3.46. The van der Waals surface area contributed by atoms with Crippen molar-refractivity contribution in [3.05, 3.63) is 59.6 Å². The highest BCUT2D eigenvalue weighted by atomic mass is 16.5. The van der Waals surface area contributed by atoms with Crippen molar-refractivity contribution in [1.29, 1.82) is 0 Å². The van der Waals surface area contributed by atoms with Crippen molar-refractivity contribution in [1.82, 2.24) is 5.16 Å². The van der Waals surface area contributed by atoms with Crippen molar-refractivity contribution >= 4 is 28.3 Å². The lowest BCUT2D eigenvalue weighted by Crippen LogP contribution is -2.09. The molecule has 0 saturated heterocycles. The van der Waals surface area contributed by atoms with Crippen LogP contribution in [0.15, 0.2) is 51.6 Å². The second-order valence-electron chi connectivity index (χ2n) is 8.04. The highest BCUT2D eigenvalue weighted by Crippen LogP contribution is 2.43. The molecule has 0 radical (unpaired) electrons. The van der Waals surface area contributed by atoms with E-state index < -0.39 is 0 Å². The number of ether oxygens (including phenoxy) is 3. The SMILES string of the molecule is CCOc1c(/C(C)=C/C(=O)Nc2cc(C)on2)cc2c(-c3cc(OC)ccc3OC)coc2c1C. The summed E-state index contributed by atoms with van der Waals surface area (Å²) >= 11 is 0. The van der Waals surface area contributed by atoms with Gasteiger partial charge < -0.3 is 28.5 Å². The van der Waals surface area contributed by atoms with E-state index in [4.69, 9.17) is 23.2 Å². The predicted molar refractivity (Wildman–Crippen MR) is 134 cm³/mol. The molecule has 182 valence electrons. The predicted octanol–water partition coefficient (Wildman–Crippen LogP) is 6.16. The van der Waals surface area contributed by atoms with E-state index in [0.717, 1.165) is 33.2 Å². The smallest absolute Gasteiger partial charge is 0.249 e. The number of nitrogens with zero attached hydrogens (tertiary/aromatic N) is 1. The number of carbonyl (C=O) groups is 1. The number of hydrogen-bond acceptors (Lipinski definition) is 7. The van der Waals surface area contributed by atoms with Gasteiger partial charge in [-0.05, 0) is 57.5 Å². The number of aromatic nitrogens is 1. The number of fused-ring (bicyclic) bond motifs is 1. The second-order valence-corrected chi connectivity index (χ2v) is 8.04. The molecule has 0 aliphatic carbocycles. The Morgan fingerprint density at radius 3 is 2.57 bits per heavy atom. The van der Waals surface area contributed by atoms with Crippen molar-refractivity contribution in [2.45, 2.75) is 27.7 Å². The summed E-state index contributed by atoms with van der Waals surface area (Å²) in [5.74, 6) is 2.71. The number of anilines is 1. The molecule has 0 aliphatic rings. The minimum atomic E-state index is -0.321. The molecule has 1 amide bonds. The van der Waals surface area contributed by atoms with Crippen LogP contribution in [-0.4, -0.2) is 31.9 Å². The molecule has 2 aromatic carbocycles. The number of rotatable bonds is 8. The molecule has 2 aromatic heterocycles. The molecule has 0 unspecified atom stereocenters. The number of allylic oxidation sites excluding steroid dienone is 1. The fourth-order valence-electron chi connectivity index (χ4n) is 4.03. The maximum atomic E-state index is 12.7. The highest BCUT2D eigenvalue weighted by Gasteiger charge is 2.21. The van der Waals surface area contributed by atoms with Crippen LogP contribution in [0.1, 0.15) is 30.7 Å². The van der Waals surface area contributed by atoms with E-state index in [2.05, 4.69) is 10.5 Å². The molecule has 0 aliphatic heterocycles. The van der Waals surface area contributed by atoms with Gasteiger partial charge in [0, 0.05) is 39.8 Å². The number of nitrogens with one attached hydrogen (secondary N) is 1. The summed E-state index contributed by atoms with van der Waals surface area (Å²) in [6, 6.07) is 9.24. The van der Waals surface area contributed by atoms with E-state index in [1.54, 1.807) is 33.5 Å². The molecule has 0 saturated carbocycles. The Morgan fingerprint density at radius 2 is 1.91 bits per heavy atom. The summed E-state index contributed by atoms with van der Waals surface area (Å²) in [7, 11) is 3.24. The number of hydrogen-bond donors (Lipinski definition) is 1. The monoisotopic (exact) mass is 476 g/mol. The first-order chi connectivity index (χ1) is 16.9. The summed E-state index contributed by atoms with van der Waals surface area (Å²) in [5, 5.41) is 7.40. The van der Waals surface area contributed by atoms with Gasteiger partial charge in [-0.25, -0.2) is 0 Å². The summed E-state index contributed by atoms with van der Waals surface area (Å²) in [4.78, 5) is 12.7. The molecule has 4 rings (SSSR count). The maximum Gasteiger partial charge on any atom is 0.249 e. The minimum absolute atomic E-state index is 0.321. The number of aryl methyl sites for hydroxylation is 2. The first-order valence-electron chi connectivity index (χ1n) is 11.2. The lowest BCUT2D eigenvalue weighted by atomic mass is 9.96. The number of furan rings is 1. The van der Waals surface area contributed by atoms with Gasteiger partial charge >= 0.3 is 0 Å². The third-order valence-electron chi connectivity index (χ3n) is 5.68. The molecule has 1 N–H and O–H groups in total. The van der Waals surface area contributed by atoms with Crippen LogP contribution in [0.25, 0.3) is 27.7 Å². The number of benzene rings is 2. The molecule has 35 heavy (non-hydrogen) atoms. The van der Waals surface area contributed by atoms with Crippen LogP contribution >= 0.6 is 0 Å². The zero-order valence-electron chi connectivity index (χ0n) is 20.6. The van der Waals surface area contributed by atoms with Gasteiger partial charge in [-0.2, -0.15) is 0 Å². The second kappa shape index (κ2) is 9.97. The zero-order valence-corrected chi connectivity index (χ0v) is 20.6. The Bertz CT molecular complexity index is 1410. The molecule has 8 nitrogen and oxygen atoms in total. The Labute approximate surface area is 203 Å². The number of methoxy groups -OCH3 is 2. The topological polar surface area (TPSA) is 96.0 Å². The van der Waals surface area contributed by atoms with Crippen molar-refractivity contribution in [3.8, 4) is 28.4 Å². The Balaban J connectivity index is 1.84. The molecule has 0 fully saturated rings. The van der Waals surface area contributed by atoms with Gasteiger partial charge in [0.2, 0.25) is 5.91 Å². The van der Waals surface area contributed by atoms with Crippen LogP contribution in [0.5, 0.6) is 17.2 Å². The fourth-order valence-corrected chi connectivity index (χ4v) is 4.03. The van der Waals surface area contributed by atoms with Gasteiger partial charge in [0.15, 0.2) is 5.82 Å². The molecule has 8 heteroatoms. The molecule has 0 spiro atoms. The Kier molecular flexibility index (Phi) is 6.82. The van der Waals surface area contributed by atoms with Crippen LogP contribution in [0.2, 0.25) is 0 Å². The first-order valence-corrected chi connectivity index (χ1v) is 11.2.